The number of pyridine rings is 1. The highest BCUT2D eigenvalue weighted by atomic mass is 16.5. The number of rotatable bonds is 5. The van der Waals surface area contributed by atoms with Crippen molar-refractivity contribution in [2.45, 2.75) is 32.2 Å². The Morgan fingerprint density at radius 2 is 1.94 bits per heavy atom. The molecule has 10 nitrogen and oxygen atoms in total. The summed E-state index contributed by atoms with van der Waals surface area (Å²) in [5, 5.41) is 0. The molecule has 4 heterocycles. The topological polar surface area (TPSA) is 105 Å². The number of fused-ring (bicyclic) bond motifs is 2. The third-order valence-electron chi connectivity index (χ3n) is 5.91. The van der Waals surface area contributed by atoms with E-state index in [1.807, 2.05) is 23.6 Å². The molecule has 1 aliphatic rings. The van der Waals surface area contributed by atoms with E-state index < -0.39 is 17.2 Å². The average molecular weight is 422 g/mol. The number of esters is 1. The van der Waals surface area contributed by atoms with Crippen molar-refractivity contribution in [1.29, 1.82) is 0 Å². The van der Waals surface area contributed by atoms with Gasteiger partial charge in [-0.1, -0.05) is 0 Å². The van der Waals surface area contributed by atoms with Crippen molar-refractivity contribution in [2.75, 3.05) is 6.61 Å². The average Bonchev–Trinajstić information content (AvgIpc) is 3.36. The maximum absolute atomic E-state index is 12.7. The highest BCUT2D eigenvalue weighted by Gasteiger charge is 2.29. The van der Waals surface area contributed by atoms with Crippen LogP contribution in [0.2, 0.25) is 0 Å². The molecule has 1 saturated carbocycles. The van der Waals surface area contributed by atoms with Gasteiger partial charge in [0.25, 0.3) is 5.56 Å². The Morgan fingerprint density at radius 3 is 2.68 bits per heavy atom. The summed E-state index contributed by atoms with van der Waals surface area (Å²) in [6.07, 6.45) is 5.55. The molecular formula is C21H22N6O4. The van der Waals surface area contributed by atoms with E-state index >= 15 is 0 Å². The maximum atomic E-state index is 12.7. The summed E-state index contributed by atoms with van der Waals surface area (Å²) in [5.41, 5.74) is 1.97. The monoisotopic (exact) mass is 422 g/mol. The number of hydrogen-bond acceptors (Lipinski definition) is 6. The molecule has 0 spiro atoms. The standard InChI is InChI=1S/C21H22N6O4/c1-12-15(7-6-14-10-22-17(27(12)14)13-4-5-13)20(29)31-9-8-26-11-23-18-16(26)19(28)25(3)21(30)24(18)2/h6-7,10-11,13H,4-5,8-9H2,1-3H3. The van der Waals surface area contributed by atoms with Gasteiger partial charge in [0.05, 0.1) is 30.1 Å². The lowest BCUT2D eigenvalue weighted by atomic mass is 10.2. The molecule has 31 heavy (non-hydrogen) atoms. The molecule has 0 aliphatic heterocycles. The van der Waals surface area contributed by atoms with Crippen molar-refractivity contribution in [3.63, 3.8) is 0 Å². The summed E-state index contributed by atoms with van der Waals surface area (Å²) < 4.78 is 11.5. The number of hydrogen-bond donors (Lipinski definition) is 0. The molecule has 0 atom stereocenters. The Bertz CT molecular complexity index is 1470. The molecule has 4 aromatic rings. The van der Waals surface area contributed by atoms with Crippen LogP contribution in [0.25, 0.3) is 16.7 Å². The summed E-state index contributed by atoms with van der Waals surface area (Å²) in [6, 6.07) is 3.62. The Morgan fingerprint density at radius 1 is 1.16 bits per heavy atom. The van der Waals surface area contributed by atoms with E-state index in [2.05, 4.69) is 9.97 Å². The zero-order valence-corrected chi connectivity index (χ0v) is 17.5. The first kappa shape index (κ1) is 19.3. The van der Waals surface area contributed by atoms with Crippen molar-refractivity contribution in [1.82, 2.24) is 28.1 Å². The van der Waals surface area contributed by atoms with Gasteiger partial charge in [-0.2, -0.15) is 0 Å². The van der Waals surface area contributed by atoms with E-state index in [1.165, 1.54) is 17.9 Å². The van der Waals surface area contributed by atoms with Crippen molar-refractivity contribution in [2.24, 2.45) is 14.1 Å². The third kappa shape index (κ3) is 2.97. The third-order valence-corrected chi connectivity index (χ3v) is 5.91. The number of ether oxygens (including phenoxy) is 1. The molecule has 0 N–H and O–H groups in total. The number of carbonyl (C=O) groups excluding carboxylic acids is 1. The fourth-order valence-corrected chi connectivity index (χ4v) is 4.00. The molecule has 1 aliphatic carbocycles. The number of nitrogens with zero attached hydrogens (tertiary/aromatic N) is 6. The van der Waals surface area contributed by atoms with Gasteiger partial charge >= 0.3 is 11.7 Å². The summed E-state index contributed by atoms with van der Waals surface area (Å²) in [5.74, 6) is 1.02. The predicted molar refractivity (Wildman–Crippen MR) is 112 cm³/mol. The molecule has 0 amide bonds. The zero-order chi connectivity index (χ0) is 21.9. The van der Waals surface area contributed by atoms with Gasteiger partial charge in [0.2, 0.25) is 0 Å². The summed E-state index contributed by atoms with van der Waals surface area (Å²) in [6.45, 7) is 2.20. The van der Waals surface area contributed by atoms with E-state index in [-0.39, 0.29) is 13.2 Å². The van der Waals surface area contributed by atoms with Gasteiger partial charge in [-0.3, -0.25) is 18.3 Å². The van der Waals surface area contributed by atoms with Crippen LogP contribution in [0.1, 0.15) is 40.6 Å². The van der Waals surface area contributed by atoms with Crippen LogP contribution < -0.4 is 11.2 Å². The molecule has 10 heteroatoms. The minimum atomic E-state index is -0.440. The van der Waals surface area contributed by atoms with Crippen LogP contribution in [0, 0.1) is 6.92 Å². The second-order valence-electron chi connectivity index (χ2n) is 7.94. The Labute approximate surface area is 176 Å². The molecule has 0 unspecified atom stereocenters. The highest BCUT2D eigenvalue weighted by Crippen LogP contribution is 2.39. The van der Waals surface area contributed by atoms with Crippen LogP contribution in [0.5, 0.6) is 0 Å². The molecule has 5 rings (SSSR count). The quantitative estimate of drug-likeness (QED) is 0.447. The molecule has 0 saturated heterocycles. The van der Waals surface area contributed by atoms with Crippen LogP contribution in [0.4, 0.5) is 0 Å². The van der Waals surface area contributed by atoms with E-state index in [9.17, 15) is 14.4 Å². The lowest BCUT2D eigenvalue weighted by molar-refractivity contribution is 0.0491. The Hall–Kier alpha value is -3.69. The van der Waals surface area contributed by atoms with Crippen LogP contribution >= 0.6 is 0 Å². The van der Waals surface area contributed by atoms with Crippen molar-refractivity contribution < 1.29 is 9.53 Å². The van der Waals surface area contributed by atoms with E-state index in [4.69, 9.17) is 4.74 Å². The van der Waals surface area contributed by atoms with E-state index in [0.717, 1.165) is 34.4 Å². The molecular weight excluding hydrogens is 400 g/mol. The van der Waals surface area contributed by atoms with Crippen molar-refractivity contribution in [3.05, 3.63) is 62.6 Å². The number of imidazole rings is 2. The number of carbonyl (C=O) groups is 1. The van der Waals surface area contributed by atoms with Crippen LogP contribution in [-0.2, 0) is 25.4 Å². The minimum absolute atomic E-state index is 0.0627. The van der Waals surface area contributed by atoms with Gasteiger partial charge < -0.3 is 9.30 Å². The van der Waals surface area contributed by atoms with Gasteiger partial charge in [-0.25, -0.2) is 19.6 Å². The van der Waals surface area contributed by atoms with Crippen LogP contribution in [0.15, 0.2) is 34.2 Å². The van der Waals surface area contributed by atoms with Crippen LogP contribution in [-0.4, -0.2) is 40.6 Å². The van der Waals surface area contributed by atoms with Gasteiger partial charge in [0.15, 0.2) is 11.2 Å². The van der Waals surface area contributed by atoms with Gasteiger partial charge in [-0.05, 0) is 31.9 Å². The first-order valence-corrected chi connectivity index (χ1v) is 10.1. The Balaban J connectivity index is 1.37. The van der Waals surface area contributed by atoms with E-state index in [1.54, 1.807) is 17.7 Å². The normalized spacial score (nSPS) is 13.9. The summed E-state index contributed by atoms with van der Waals surface area (Å²) >= 11 is 0. The molecule has 0 bridgehead atoms. The van der Waals surface area contributed by atoms with Gasteiger partial charge in [-0.15, -0.1) is 0 Å². The zero-order valence-electron chi connectivity index (χ0n) is 17.5. The van der Waals surface area contributed by atoms with Crippen molar-refractivity contribution >= 4 is 22.6 Å². The highest BCUT2D eigenvalue weighted by molar-refractivity contribution is 5.91. The first-order chi connectivity index (χ1) is 14.9. The molecule has 160 valence electrons. The molecule has 1 fully saturated rings. The van der Waals surface area contributed by atoms with Crippen molar-refractivity contribution in [3.8, 4) is 0 Å². The SMILES string of the molecule is Cc1c(C(=O)OCCn2cnc3c2c(=O)n(C)c(=O)n3C)ccc2cnc(C3CC3)n12. The second-order valence-corrected chi connectivity index (χ2v) is 7.94. The summed E-state index contributed by atoms with van der Waals surface area (Å²) in [7, 11) is 2.98. The largest absolute Gasteiger partial charge is 0.460 e. The van der Waals surface area contributed by atoms with Gasteiger partial charge in [0.1, 0.15) is 12.4 Å². The maximum Gasteiger partial charge on any atom is 0.339 e. The minimum Gasteiger partial charge on any atom is -0.460 e. The smallest absolute Gasteiger partial charge is 0.339 e. The number of aryl methyl sites for hydroxylation is 2. The summed E-state index contributed by atoms with van der Waals surface area (Å²) in [4.78, 5) is 46.0. The van der Waals surface area contributed by atoms with E-state index in [0.29, 0.717) is 22.6 Å². The number of aromatic nitrogens is 6. The predicted octanol–water partition coefficient (Wildman–Crippen LogP) is 1.12. The lowest BCUT2D eigenvalue weighted by Gasteiger charge is -2.11. The molecule has 4 aromatic heterocycles. The van der Waals surface area contributed by atoms with Crippen LogP contribution in [0.3, 0.4) is 0 Å². The second kappa shape index (κ2) is 6.93. The lowest BCUT2D eigenvalue weighted by Crippen LogP contribution is -2.37. The fraction of sp³-hybridized carbons (Fsp3) is 0.381. The fourth-order valence-electron chi connectivity index (χ4n) is 4.00. The molecule has 0 aromatic carbocycles. The molecule has 0 radical (unpaired) electrons. The first-order valence-electron chi connectivity index (χ1n) is 10.1. The Kier molecular flexibility index (Phi) is 4.31. The van der Waals surface area contributed by atoms with Gasteiger partial charge in [0, 0.05) is 25.7 Å².